The highest BCUT2D eigenvalue weighted by molar-refractivity contribution is 9.10. The smallest absolute Gasteiger partial charge is 0.0488 e. The van der Waals surface area contributed by atoms with E-state index in [1.54, 1.807) is 0 Å². The SMILES string of the molecule is CCCNC(c1csc2c(Br)cccc12)C(C)C1CC1. The van der Waals surface area contributed by atoms with Crippen molar-refractivity contribution in [3.63, 3.8) is 0 Å². The number of fused-ring (bicyclic) bond motifs is 1. The van der Waals surface area contributed by atoms with E-state index >= 15 is 0 Å². The van der Waals surface area contributed by atoms with E-state index in [9.17, 15) is 0 Å². The van der Waals surface area contributed by atoms with Gasteiger partial charge in [-0.3, -0.25) is 0 Å². The second-order valence-corrected chi connectivity index (χ2v) is 7.67. The first-order valence-corrected chi connectivity index (χ1v) is 9.28. The van der Waals surface area contributed by atoms with Crippen LogP contribution in [0.5, 0.6) is 0 Å². The summed E-state index contributed by atoms with van der Waals surface area (Å²) in [6.45, 7) is 5.77. The number of nitrogens with one attached hydrogen (secondary N) is 1. The maximum Gasteiger partial charge on any atom is 0.0488 e. The third-order valence-corrected chi connectivity index (χ3v) is 6.39. The average Bonchev–Trinajstić information content (AvgIpc) is 3.21. The number of benzene rings is 1. The molecule has 1 fully saturated rings. The lowest BCUT2D eigenvalue weighted by Crippen LogP contribution is -2.28. The summed E-state index contributed by atoms with van der Waals surface area (Å²) in [5.41, 5.74) is 1.50. The summed E-state index contributed by atoms with van der Waals surface area (Å²) in [5, 5.41) is 7.58. The second kappa shape index (κ2) is 6.17. The van der Waals surface area contributed by atoms with Gasteiger partial charge in [-0.1, -0.05) is 26.0 Å². The Morgan fingerprint density at radius 3 is 2.90 bits per heavy atom. The highest BCUT2D eigenvalue weighted by Gasteiger charge is 2.34. The Hall–Kier alpha value is -0.380. The summed E-state index contributed by atoms with van der Waals surface area (Å²) in [5.74, 6) is 1.66. The van der Waals surface area contributed by atoms with Crippen LogP contribution in [0.25, 0.3) is 10.1 Å². The Balaban J connectivity index is 1.97. The molecule has 1 nitrogen and oxygen atoms in total. The molecule has 2 aromatic rings. The van der Waals surface area contributed by atoms with Gasteiger partial charge in [-0.2, -0.15) is 0 Å². The molecule has 1 aromatic carbocycles. The minimum absolute atomic E-state index is 0.505. The zero-order chi connectivity index (χ0) is 14.1. The predicted octanol–water partition coefficient (Wildman–Crippen LogP) is 5.75. The topological polar surface area (TPSA) is 12.0 Å². The molecule has 1 saturated carbocycles. The van der Waals surface area contributed by atoms with Gasteiger partial charge in [0, 0.05) is 15.2 Å². The van der Waals surface area contributed by atoms with Gasteiger partial charge in [0.05, 0.1) is 0 Å². The van der Waals surface area contributed by atoms with Gasteiger partial charge < -0.3 is 5.32 Å². The summed E-state index contributed by atoms with van der Waals surface area (Å²) in [6.07, 6.45) is 4.02. The molecule has 0 saturated heterocycles. The molecule has 20 heavy (non-hydrogen) atoms. The van der Waals surface area contributed by atoms with Crippen LogP contribution in [-0.2, 0) is 0 Å². The lowest BCUT2D eigenvalue weighted by atomic mass is 9.90. The Bertz CT molecular complexity index is 588. The molecule has 0 spiro atoms. The van der Waals surface area contributed by atoms with Gasteiger partial charge in [-0.05, 0) is 76.0 Å². The highest BCUT2D eigenvalue weighted by Crippen LogP contribution is 2.45. The first-order valence-electron chi connectivity index (χ1n) is 7.61. The molecule has 0 bridgehead atoms. The molecule has 2 unspecified atom stereocenters. The van der Waals surface area contributed by atoms with Crippen molar-refractivity contribution in [3.05, 3.63) is 33.6 Å². The summed E-state index contributed by atoms with van der Waals surface area (Å²) in [4.78, 5) is 0. The van der Waals surface area contributed by atoms with Crippen LogP contribution in [-0.4, -0.2) is 6.54 Å². The number of hydrogen-bond acceptors (Lipinski definition) is 2. The zero-order valence-electron chi connectivity index (χ0n) is 12.2. The van der Waals surface area contributed by atoms with Gasteiger partial charge in [-0.25, -0.2) is 0 Å². The minimum atomic E-state index is 0.505. The van der Waals surface area contributed by atoms with E-state index in [1.807, 2.05) is 11.3 Å². The van der Waals surface area contributed by atoms with E-state index in [0.29, 0.717) is 6.04 Å². The fourth-order valence-corrected chi connectivity index (χ4v) is 4.71. The van der Waals surface area contributed by atoms with Crippen LogP contribution in [0.3, 0.4) is 0 Å². The molecule has 1 aliphatic carbocycles. The van der Waals surface area contributed by atoms with Crippen LogP contribution in [0.1, 0.15) is 44.7 Å². The van der Waals surface area contributed by atoms with Crippen molar-refractivity contribution in [1.82, 2.24) is 5.32 Å². The van der Waals surface area contributed by atoms with Gasteiger partial charge in [0.15, 0.2) is 0 Å². The minimum Gasteiger partial charge on any atom is -0.310 e. The normalized spacial score (nSPS) is 18.4. The van der Waals surface area contributed by atoms with Crippen molar-refractivity contribution in [2.45, 2.75) is 39.2 Å². The van der Waals surface area contributed by atoms with Gasteiger partial charge >= 0.3 is 0 Å². The maximum atomic E-state index is 3.80. The van der Waals surface area contributed by atoms with Crippen molar-refractivity contribution in [2.75, 3.05) is 6.54 Å². The first kappa shape index (κ1) is 14.6. The molecule has 1 heterocycles. The summed E-state index contributed by atoms with van der Waals surface area (Å²) < 4.78 is 2.60. The summed E-state index contributed by atoms with van der Waals surface area (Å²) >= 11 is 5.55. The van der Waals surface area contributed by atoms with Crippen LogP contribution >= 0.6 is 27.3 Å². The maximum absolute atomic E-state index is 3.80. The molecule has 3 rings (SSSR count). The predicted molar refractivity (Wildman–Crippen MR) is 92.4 cm³/mol. The summed E-state index contributed by atoms with van der Waals surface area (Å²) in [6, 6.07) is 7.07. The number of rotatable bonds is 6. The van der Waals surface area contributed by atoms with Crippen LogP contribution in [0.4, 0.5) is 0 Å². The molecule has 1 aliphatic rings. The fraction of sp³-hybridized carbons (Fsp3) is 0.529. The Morgan fingerprint density at radius 2 is 2.20 bits per heavy atom. The van der Waals surface area contributed by atoms with Gasteiger partial charge in [-0.15, -0.1) is 11.3 Å². The number of hydrogen-bond donors (Lipinski definition) is 1. The Kier molecular flexibility index (Phi) is 4.49. The number of thiophene rings is 1. The average molecular weight is 352 g/mol. The van der Waals surface area contributed by atoms with Crippen molar-refractivity contribution >= 4 is 37.4 Å². The molecule has 3 heteroatoms. The van der Waals surface area contributed by atoms with Crippen molar-refractivity contribution in [3.8, 4) is 0 Å². The Labute approximate surface area is 133 Å². The van der Waals surface area contributed by atoms with Crippen LogP contribution in [0, 0.1) is 11.8 Å². The van der Waals surface area contributed by atoms with Crippen molar-refractivity contribution < 1.29 is 0 Å². The van der Waals surface area contributed by atoms with E-state index < -0.39 is 0 Å². The molecule has 1 N–H and O–H groups in total. The molecular formula is C17H22BrNS. The van der Waals surface area contributed by atoms with Crippen LogP contribution in [0.15, 0.2) is 28.1 Å². The third kappa shape index (κ3) is 2.81. The molecule has 2 atom stereocenters. The second-order valence-electron chi connectivity index (χ2n) is 5.94. The highest BCUT2D eigenvalue weighted by atomic mass is 79.9. The Morgan fingerprint density at radius 1 is 1.40 bits per heavy atom. The quantitative estimate of drug-likeness (QED) is 0.698. The van der Waals surface area contributed by atoms with E-state index in [1.165, 1.54) is 39.4 Å². The van der Waals surface area contributed by atoms with Gasteiger partial charge in [0.25, 0.3) is 0 Å². The monoisotopic (exact) mass is 351 g/mol. The zero-order valence-corrected chi connectivity index (χ0v) is 14.6. The van der Waals surface area contributed by atoms with E-state index in [-0.39, 0.29) is 0 Å². The fourth-order valence-electron chi connectivity index (χ4n) is 3.06. The lowest BCUT2D eigenvalue weighted by molar-refractivity contribution is 0.352. The number of halogens is 1. The summed E-state index contributed by atoms with van der Waals surface area (Å²) in [7, 11) is 0. The lowest BCUT2D eigenvalue weighted by Gasteiger charge is -2.25. The van der Waals surface area contributed by atoms with Gasteiger partial charge in [0.2, 0.25) is 0 Å². The first-order chi connectivity index (χ1) is 9.72. The molecular weight excluding hydrogens is 330 g/mol. The molecule has 0 amide bonds. The van der Waals surface area contributed by atoms with Crippen LogP contribution in [0.2, 0.25) is 0 Å². The largest absolute Gasteiger partial charge is 0.310 e. The van der Waals surface area contributed by atoms with E-state index in [4.69, 9.17) is 0 Å². The van der Waals surface area contributed by atoms with Gasteiger partial charge in [0.1, 0.15) is 0 Å². The van der Waals surface area contributed by atoms with Crippen molar-refractivity contribution in [2.24, 2.45) is 11.8 Å². The molecule has 108 valence electrons. The third-order valence-electron chi connectivity index (χ3n) is 4.42. The van der Waals surface area contributed by atoms with E-state index in [2.05, 4.69) is 58.7 Å². The standard InChI is InChI=1S/C17H22BrNS/c1-3-9-19-16(11(2)12-7-8-12)14-10-20-17-13(14)5-4-6-15(17)18/h4-6,10-12,16,19H,3,7-9H2,1-2H3. The molecule has 1 aromatic heterocycles. The van der Waals surface area contributed by atoms with Crippen molar-refractivity contribution in [1.29, 1.82) is 0 Å². The van der Waals surface area contributed by atoms with Crippen LogP contribution < -0.4 is 5.32 Å². The molecule has 0 aliphatic heterocycles. The van der Waals surface area contributed by atoms with E-state index in [0.717, 1.165) is 18.4 Å². The molecule has 0 radical (unpaired) electrons.